The Morgan fingerprint density at radius 2 is 2.11 bits per heavy atom. The van der Waals surface area contributed by atoms with Crippen molar-refractivity contribution in [3.63, 3.8) is 0 Å². The molecule has 0 atom stereocenters. The van der Waals surface area contributed by atoms with Gasteiger partial charge in [0.1, 0.15) is 9.84 Å². The zero-order valence-corrected chi connectivity index (χ0v) is 12.8. The zero-order valence-electron chi connectivity index (χ0n) is 10.4. The lowest BCUT2D eigenvalue weighted by Gasteiger charge is -2.05. The second-order valence-corrected chi connectivity index (χ2v) is 7.93. The number of carboxylic acid groups (broad SMARTS) is 1. The van der Waals surface area contributed by atoms with Crippen LogP contribution in [0.4, 0.5) is 0 Å². The third kappa shape index (κ3) is 5.42. The minimum atomic E-state index is -2.93. The first-order chi connectivity index (χ1) is 8.85. The number of sulfone groups is 1. The van der Waals surface area contributed by atoms with Crippen LogP contribution in [0.5, 0.6) is 0 Å². The average Bonchev–Trinajstić information content (AvgIpc) is 2.36. The van der Waals surface area contributed by atoms with Crippen LogP contribution in [0.15, 0.2) is 23.1 Å². The summed E-state index contributed by atoms with van der Waals surface area (Å²) in [5.74, 6) is -0.126. The molecule has 0 saturated carbocycles. The highest BCUT2D eigenvalue weighted by Crippen LogP contribution is 2.25. The molecule has 0 unspecified atom stereocenters. The van der Waals surface area contributed by atoms with E-state index < -0.39 is 15.8 Å². The minimum Gasteiger partial charge on any atom is -0.478 e. The molecule has 106 valence electrons. The number of aromatic carboxylic acids is 1. The summed E-state index contributed by atoms with van der Waals surface area (Å²) in [5, 5.41) is 9.13. The van der Waals surface area contributed by atoms with E-state index in [4.69, 9.17) is 16.7 Å². The molecule has 0 aliphatic carbocycles. The van der Waals surface area contributed by atoms with Crippen molar-refractivity contribution in [1.82, 2.24) is 0 Å². The molecule has 0 heterocycles. The number of hydrogen-bond acceptors (Lipinski definition) is 4. The fourth-order valence-electron chi connectivity index (χ4n) is 1.37. The molecule has 0 aromatic heterocycles. The van der Waals surface area contributed by atoms with Crippen LogP contribution in [0.25, 0.3) is 0 Å². The first-order valence-electron chi connectivity index (χ1n) is 5.72. The van der Waals surface area contributed by atoms with E-state index in [1.165, 1.54) is 23.9 Å². The predicted molar refractivity (Wildman–Crippen MR) is 78.1 cm³/mol. The van der Waals surface area contributed by atoms with Gasteiger partial charge in [-0.25, -0.2) is 13.2 Å². The monoisotopic (exact) mass is 322 g/mol. The molecule has 19 heavy (non-hydrogen) atoms. The fraction of sp³-hybridized carbons (Fsp3) is 0.417. The molecule has 0 radical (unpaired) electrons. The summed E-state index contributed by atoms with van der Waals surface area (Å²) in [6.45, 7) is 1.63. The normalized spacial score (nSPS) is 11.5. The van der Waals surface area contributed by atoms with Crippen molar-refractivity contribution in [2.45, 2.75) is 18.2 Å². The van der Waals surface area contributed by atoms with Gasteiger partial charge in [0.15, 0.2) is 0 Å². The van der Waals surface area contributed by atoms with Crippen LogP contribution in [0, 0.1) is 0 Å². The second-order valence-electron chi connectivity index (χ2n) is 3.89. The maximum absolute atomic E-state index is 11.3. The van der Waals surface area contributed by atoms with Crippen LogP contribution < -0.4 is 0 Å². The number of hydrogen-bond donors (Lipinski definition) is 1. The van der Waals surface area contributed by atoms with Crippen LogP contribution in [0.1, 0.15) is 23.7 Å². The number of carboxylic acids is 1. The van der Waals surface area contributed by atoms with Gasteiger partial charge in [0.2, 0.25) is 0 Å². The SMILES string of the molecule is CCS(=O)(=O)CCCSc1ccc(Cl)c(C(=O)O)c1. The van der Waals surface area contributed by atoms with Crippen molar-refractivity contribution in [2.24, 2.45) is 0 Å². The molecular weight excluding hydrogens is 308 g/mol. The molecule has 1 N–H and O–H groups in total. The van der Waals surface area contributed by atoms with Gasteiger partial charge in [0, 0.05) is 10.6 Å². The van der Waals surface area contributed by atoms with Crippen molar-refractivity contribution in [2.75, 3.05) is 17.3 Å². The van der Waals surface area contributed by atoms with E-state index in [0.29, 0.717) is 12.2 Å². The Balaban J connectivity index is 2.55. The molecule has 1 rings (SSSR count). The van der Waals surface area contributed by atoms with Crippen molar-refractivity contribution >= 4 is 39.2 Å². The minimum absolute atomic E-state index is 0.0628. The molecule has 7 heteroatoms. The van der Waals surface area contributed by atoms with Crippen molar-refractivity contribution < 1.29 is 18.3 Å². The van der Waals surface area contributed by atoms with Gasteiger partial charge in [-0.2, -0.15) is 0 Å². The van der Waals surface area contributed by atoms with Gasteiger partial charge in [-0.1, -0.05) is 18.5 Å². The molecule has 0 amide bonds. The lowest BCUT2D eigenvalue weighted by molar-refractivity contribution is 0.0697. The van der Waals surface area contributed by atoms with Crippen LogP contribution in [-0.4, -0.2) is 36.8 Å². The highest BCUT2D eigenvalue weighted by atomic mass is 35.5. The Morgan fingerprint density at radius 3 is 2.68 bits per heavy atom. The second kappa shape index (κ2) is 7.17. The van der Waals surface area contributed by atoms with Crippen molar-refractivity contribution in [3.8, 4) is 0 Å². The molecular formula is C12H15ClO4S2. The maximum Gasteiger partial charge on any atom is 0.337 e. The lowest BCUT2D eigenvalue weighted by atomic mass is 10.2. The molecule has 0 spiro atoms. The fourth-order valence-corrected chi connectivity index (χ4v) is 3.52. The number of halogens is 1. The highest BCUT2D eigenvalue weighted by molar-refractivity contribution is 7.99. The predicted octanol–water partition coefficient (Wildman–Crippen LogP) is 2.96. The molecule has 0 bridgehead atoms. The first-order valence-corrected chi connectivity index (χ1v) is 8.90. The van der Waals surface area contributed by atoms with Gasteiger partial charge in [-0.3, -0.25) is 0 Å². The van der Waals surface area contributed by atoms with E-state index in [0.717, 1.165) is 4.90 Å². The average molecular weight is 323 g/mol. The quantitative estimate of drug-likeness (QED) is 0.617. The largest absolute Gasteiger partial charge is 0.478 e. The summed E-state index contributed by atoms with van der Waals surface area (Å²) >= 11 is 7.19. The first kappa shape index (κ1) is 16.3. The van der Waals surface area contributed by atoms with Gasteiger partial charge in [-0.15, -0.1) is 11.8 Å². The summed E-state index contributed by atoms with van der Waals surface area (Å²) in [4.78, 5) is 11.7. The molecule has 0 saturated heterocycles. The van der Waals surface area contributed by atoms with E-state index in [-0.39, 0.29) is 22.1 Å². The third-order valence-corrected chi connectivity index (χ3v) is 5.68. The Bertz CT molecular complexity index is 555. The topological polar surface area (TPSA) is 71.4 Å². The molecule has 1 aromatic rings. The van der Waals surface area contributed by atoms with Crippen molar-refractivity contribution in [1.29, 1.82) is 0 Å². The molecule has 0 aliphatic heterocycles. The zero-order chi connectivity index (χ0) is 14.5. The van der Waals surface area contributed by atoms with Gasteiger partial charge in [-0.05, 0) is 30.4 Å². The van der Waals surface area contributed by atoms with E-state index >= 15 is 0 Å². The molecule has 0 fully saturated rings. The summed E-state index contributed by atoms with van der Waals surface area (Å²) < 4.78 is 22.6. The number of carbonyl (C=O) groups is 1. The molecule has 1 aromatic carbocycles. The van der Waals surface area contributed by atoms with E-state index in [1.54, 1.807) is 13.0 Å². The van der Waals surface area contributed by atoms with Gasteiger partial charge >= 0.3 is 5.97 Å². The van der Waals surface area contributed by atoms with E-state index in [2.05, 4.69) is 0 Å². The van der Waals surface area contributed by atoms with Crippen molar-refractivity contribution in [3.05, 3.63) is 28.8 Å². The number of thioether (sulfide) groups is 1. The summed E-state index contributed by atoms with van der Waals surface area (Å²) in [6, 6.07) is 4.77. The lowest BCUT2D eigenvalue weighted by Crippen LogP contribution is -2.09. The molecule has 0 aliphatic rings. The van der Waals surface area contributed by atoms with Crippen LogP contribution >= 0.6 is 23.4 Å². The van der Waals surface area contributed by atoms with Crippen LogP contribution in [-0.2, 0) is 9.84 Å². The van der Waals surface area contributed by atoms with E-state index in [9.17, 15) is 13.2 Å². The summed E-state index contributed by atoms with van der Waals surface area (Å²) in [5.41, 5.74) is 0.0628. The smallest absolute Gasteiger partial charge is 0.337 e. The Kier molecular flexibility index (Phi) is 6.16. The van der Waals surface area contributed by atoms with Gasteiger partial charge < -0.3 is 5.11 Å². The summed E-state index contributed by atoms with van der Waals surface area (Å²) in [7, 11) is -2.93. The highest BCUT2D eigenvalue weighted by Gasteiger charge is 2.10. The standard InChI is InChI=1S/C12H15ClO4S2/c1-2-19(16,17)7-3-6-18-9-4-5-11(13)10(8-9)12(14)15/h4-5,8H,2-3,6-7H2,1H3,(H,14,15). The van der Waals surface area contributed by atoms with Gasteiger partial charge in [0.25, 0.3) is 0 Å². The number of benzene rings is 1. The Morgan fingerprint density at radius 1 is 1.42 bits per heavy atom. The summed E-state index contributed by atoms with van der Waals surface area (Å²) in [6.07, 6.45) is 0.547. The van der Waals surface area contributed by atoms with E-state index in [1.807, 2.05) is 0 Å². The van der Waals surface area contributed by atoms with Gasteiger partial charge in [0.05, 0.1) is 16.3 Å². The van der Waals surface area contributed by atoms with Crippen LogP contribution in [0.3, 0.4) is 0 Å². The Labute approximate surface area is 122 Å². The Hall–Kier alpha value is -0.720. The molecule has 4 nitrogen and oxygen atoms in total. The van der Waals surface area contributed by atoms with Crippen LogP contribution in [0.2, 0.25) is 5.02 Å². The third-order valence-electron chi connectivity index (χ3n) is 2.48. The maximum atomic E-state index is 11.3. The number of rotatable bonds is 7.